The Kier molecular flexibility index (Phi) is 2.93. The Balaban J connectivity index is 2.39. The summed E-state index contributed by atoms with van der Waals surface area (Å²) in [6.07, 6.45) is 1.89. The predicted molar refractivity (Wildman–Crippen MR) is 56.6 cm³/mol. The molecule has 0 saturated heterocycles. The first-order valence-corrected chi connectivity index (χ1v) is 4.63. The maximum absolute atomic E-state index is 13.1. The maximum Gasteiger partial charge on any atom is 0.160 e. The number of hydrogen-bond donors (Lipinski definition) is 0. The van der Waals surface area contributed by atoms with Crippen LogP contribution in [0.1, 0.15) is 11.1 Å². The second kappa shape index (κ2) is 4.54. The number of nitrogens with zero attached hydrogens (tertiary/aromatic N) is 1. The number of aromatic nitrogens is 1. The van der Waals surface area contributed by atoms with Crippen LogP contribution in [0.3, 0.4) is 0 Å². The number of hydrogen-bond acceptors (Lipinski definition) is 1. The molecule has 0 amide bonds. The van der Waals surface area contributed by atoms with E-state index in [-0.39, 0.29) is 5.56 Å². The summed E-state index contributed by atoms with van der Waals surface area (Å²) >= 11 is 0. The van der Waals surface area contributed by atoms with Crippen molar-refractivity contribution in [1.29, 1.82) is 0 Å². The molecule has 0 N–H and O–H groups in total. The van der Waals surface area contributed by atoms with Crippen molar-refractivity contribution in [1.82, 2.24) is 4.98 Å². The normalized spacial score (nSPS) is 9.38. The number of halogens is 2. The van der Waals surface area contributed by atoms with Gasteiger partial charge in [0.05, 0.1) is 18.0 Å². The minimum atomic E-state index is -0.747. The summed E-state index contributed by atoms with van der Waals surface area (Å²) in [6.45, 7) is 0. The van der Waals surface area contributed by atoms with Crippen molar-refractivity contribution in [2.24, 2.45) is 0 Å². The summed E-state index contributed by atoms with van der Waals surface area (Å²) in [7, 11) is 0. The van der Waals surface area contributed by atoms with Crippen LogP contribution in [0.4, 0.5) is 8.78 Å². The van der Waals surface area contributed by atoms with E-state index in [1.54, 1.807) is 12.1 Å². The van der Waals surface area contributed by atoms with E-state index in [1.807, 2.05) is 18.2 Å². The predicted octanol–water partition coefficient (Wildman–Crippen LogP) is 2.76. The molecule has 0 aliphatic carbocycles. The highest BCUT2D eigenvalue weighted by molar-refractivity contribution is 5.42. The van der Waals surface area contributed by atoms with Gasteiger partial charge in [0.1, 0.15) is 0 Å². The van der Waals surface area contributed by atoms with E-state index in [1.165, 1.54) is 0 Å². The van der Waals surface area contributed by atoms with Crippen LogP contribution >= 0.6 is 0 Å². The highest BCUT2D eigenvalue weighted by Crippen LogP contribution is 2.08. The molecule has 1 heterocycles. The maximum atomic E-state index is 13.1. The van der Waals surface area contributed by atoms with Crippen molar-refractivity contribution in [3.63, 3.8) is 0 Å². The molecule has 78 valence electrons. The average Bonchev–Trinajstić information content (AvgIpc) is 2.30. The lowest BCUT2D eigenvalue weighted by Gasteiger charge is -1.94. The average molecular weight is 215 g/mol. The summed E-state index contributed by atoms with van der Waals surface area (Å²) < 4.78 is 26.3. The van der Waals surface area contributed by atoms with Crippen molar-refractivity contribution < 1.29 is 8.78 Å². The SMILES string of the molecule is Fc1cncc(F)c1C#Cc1ccccc1. The Morgan fingerprint density at radius 3 is 2.12 bits per heavy atom. The van der Waals surface area contributed by atoms with Crippen LogP contribution in [0.15, 0.2) is 42.7 Å². The summed E-state index contributed by atoms with van der Waals surface area (Å²) in [5.41, 5.74) is 0.456. The topological polar surface area (TPSA) is 12.9 Å². The Morgan fingerprint density at radius 2 is 1.50 bits per heavy atom. The summed E-state index contributed by atoms with van der Waals surface area (Å²) in [4.78, 5) is 3.38. The van der Waals surface area contributed by atoms with Crippen LogP contribution in [0.25, 0.3) is 0 Å². The molecule has 2 rings (SSSR count). The van der Waals surface area contributed by atoms with Gasteiger partial charge in [-0.25, -0.2) is 8.78 Å². The van der Waals surface area contributed by atoms with Crippen molar-refractivity contribution in [2.75, 3.05) is 0 Å². The minimum Gasteiger partial charge on any atom is -0.259 e. The molecule has 16 heavy (non-hydrogen) atoms. The third kappa shape index (κ3) is 2.23. The standard InChI is InChI=1S/C13H7F2N/c14-12-8-16-9-13(15)11(12)7-6-10-4-2-1-3-5-10/h1-5,8-9H. The van der Waals surface area contributed by atoms with E-state index in [2.05, 4.69) is 16.8 Å². The van der Waals surface area contributed by atoms with Gasteiger partial charge in [0.15, 0.2) is 11.6 Å². The van der Waals surface area contributed by atoms with E-state index in [4.69, 9.17) is 0 Å². The second-order valence-corrected chi connectivity index (χ2v) is 3.09. The first kappa shape index (κ1) is 10.3. The Labute approximate surface area is 91.8 Å². The van der Waals surface area contributed by atoms with Gasteiger partial charge in [-0.3, -0.25) is 4.98 Å². The fourth-order valence-electron chi connectivity index (χ4n) is 1.19. The smallest absolute Gasteiger partial charge is 0.160 e. The van der Waals surface area contributed by atoms with Crippen molar-refractivity contribution in [3.8, 4) is 11.8 Å². The first-order valence-electron chi connectivity index (χ1n) is 4.63. The molecule has 1 nitrogen and oxygen atoms in total. The molecule has 0 radical (unpaired) electrons. The third-order valence-electron chi connectivity index (χ3n) is 1.96. The van der Waals surface area contributed by atoms with Gasteiger partial charge in [0.25, 0.3) is 0 Å². The van der Waals surface area contributed by atoms with E-state index in [0.717, 1.165) is 12.4 Å². The summed E-state index contributed by atoms with van der Waals surface area (Å²) in [5, 5.41) is 0. The lowest BCUT2D eigenvalue weighted by molar-refractivity contribution is 0.567. The molecule has 0 spiro atoms. The second-order valence-electron chi connectivity index (χ2n) is 3.09. The van der Waals surface area contributed by atoms with Crippen LogP contribution in [0.5, 0.6) is 0 Å². The molecule has 2 aromatic rings. The molecule has 3 heteroatoms. The zero-order valence-corrected chi connectivity index (χ0v) is 8.24. The van der Waals surface area contributed by atoms with Gasteiger partial charge < -0.3 is 0 Å². The van der Waals surface area contributed by atoms with Crippen molar-refractivity contribution >= 4 is 0 Å². The largest absolute Gasteiger partial charge is 0.259 e. The van der Waals surface area contributed by atoms with Crippen LogP contribution in [0, 0.1) is 23.5 Å². The van der Waals surface area contributed by atoms with Gasteiger partial charge in [-0.15, -0.1) is 0 Å². The van der Waals surface area contributed by atoms with Crippen molar-refractivity contribution in [2.45, 2.75) is 0 Å². The minimum absolute atomic E-state index is 0.251. The monoisotopic (exact) mass is 215 g/mol. The van der Waals surface area contributed by atoms with E-state index < -0.39 is 11.6 Å². The van der Waals surface area contributed by atoms with Gasteiger partial charge in [0.2, 0.25) is 0 Å². The summed E-state index contributed by atoms with van der Waals surface area (Å²) in [6, 6.07) is 9.00. The zero-order chi connectivity index (χ0) is 11.4. The number of benzene rings is 1. The molecular formula is C13H7F2N. The van der Waals surface area contributed by atoms with Gasteiger partial charge in [-0.2, -0.15) is 0 Å². The van der Waals surface area contributed by atoms with E-state index in [0.29, 0.717) is 5.56 Å². The van der Waals surface area contributed by atoms with Crippen LogP contribution in [-0.2, 0) is 0 Å². The molecular weight excluding hydrogens is 208 g/mol. The van der Waals surface area contributed by atoms with Crippen LogP contribution < -0.4 is 0 Å². The highest BCUT2D eigenvalue weighted by atomic mass is 19.1. The Morgan fingerprint density at radius 1 is 0.875 bits per heavy atom. The van der Waals surface area contributed by atoms with Crippen LogP contribution in [0.2, 0.25) is 0 Å². The molecule has 0 aliphatic rings. The van der Waals surface area contributed by atoms with Crippen molar-refractivity contribution in [3.05, 3.63) is 65.5 Å². The molecule has 0 bridgehead atoms. The molecule has 1 aromatic heterocycles. The molecule has 0 fully saturated rings. The first-order chi connectivity index (χ1) is 7.77. The molecule has 1 aromatic carbocycles. The fraction of sp³-hybridized carbons (Fsp3) is 0. The van der Waals surface area contributed by atoms with Crippen LogP contribution in [-0.4, -0.2) is 4.98 Å². The molecule has 0 saturated carbocycles. The van der Waals surface area contributed by atoms with Gasteiger partial charge in [-0.05, 0) is 12.1 Å². The quantitative estimate of drug-likeness (QED) is 0.616. The van der Waals surface area contributed by atoms with E-state index >= 15 is 0 Å². The van der Waals surface area contributed by atoms with E-state index in [9.17, 15) is 8.78 Å². The lowest BCUT2D eigenvalue weighted by Crippen LogP contribution is -1.91. The lowest BCUT2D eigenvalue weighted by atomic mass is 10.2. The van der Waals surface area contributed by atoms with Gasteiger partial charge in [-0.1, -0.05) is 30.0 Å². The molecule has 0 unspecified atom stereocenters. The number of rotatable bonds is 0. The fourth-order valence-corrected chi connectivity index (χ4v) is 1.19. The number of pyridine rings is 1. The highest BCUT2D eigenvalue weighted by Gasteiger charge is 2.05. The Bertz CT molecular complexity index is 533. The molecule has 0 aliphatic heterocycles. The third-order valence-corrected chi connectivity index (χ3v) is 1.96. The Hall–Kier alpha value is -2.21. The zero-order valence-electron chi connectivity index (χ0n) is 8.24. The van der Waals surface area contributed by atoms with Gasteiger partial charge in [0, 0.05) is 5.56 Å². The molecule has 0 atom stereocenters. The van der Waals surface area contributed by atoms with Gasteiger partial charge >= 0.3 is 0 Å². The summed E-state index contributed by atoms with van der Waals surface area (Å²) in [5.74, 6) is 3.65.